The van der Waals surface area contributed by atoms with Gasteiger partial charge in [-0.05, 0) is 42.5 Å². The van der Waals surface area contributed by atoms with Crippen molar-refractivity contribution in [2.45, 2.75) is 0 Å². The predicted molar refractivity (Wildman–Crippen MR) is 123 cm³/mol. The Morgan fingerprint density at radius 3 is 2.03 bits per heavy atom. The zero-order valence-electron chi connectivity index (χ0n) is 19.0. The molecule has 0 N–H and O–H groups in total. The molecule has 9 nitrogen and oxygen atoms in total. The Labute approximate surface area is 195 Å². The minimum absolute atomic E-state index is 0.231. The van der Waals surface area contributed by atoms with Gasteiger partial charge in [0.1, 0.15) is 5.69 Å². The molecule has 0 aliphatic rings. The van der Waals surface area contributed by atoms with Crippen molar-refractivity contribution in [2.75, 3.05) is 28.4 Å². The molecule has 0 amide bonds. The van der Waals surface area contributed by atoms with E-state index in [2.05, 4.69) is 9.97 Å². The van der Waals surface area contributed by atoms with Gasteiger partial charge in [0.2, 0.25) is 5.75 Å². The summed E-state index contributed by atoms with van der Waals surface area (Å²) in [6.07, 6.45) is 4.37. The van der Waals surface area contributed by atoms with E-state index in [0.717, 1.165) is 0 Å². The summed E-state index contributed by atoms with van der Waals surface area (Å²) in [6.45, 7) is 0. The van der Waals surface area contributed by atoms with E-state index in [4.69, 9.17) is 28.1 Å². The lowest BCUT2D eigenvalue weighted by Crippen LogP contribution is -2.09. The number of rotatable bonds is 8. The van der Waals surface area contributed by atoms with Crippen molar-refractivity contribution >= 4 is 5.97 Å². The van der Waals surface area contributed by atoms with E-state index in [1.165, 1.54) is 47.2 Å². The van der Waals surface area contributed by atoms with Crippen molar-refractivity contribution in [3.05, 3.63) is 66.8 Å². The fourth-order valence-electron chi connectivity index (χ4n) is 3.42. The van der Waals surface area contributed by atoms with E-state index in [1.54, 1.807) is 42.5 Å². The fraction of sp³-hybridized carbons (Fsp3) is 0.160. The highest BCUT2D eigenvalue weighted by Crippen LogP contribution is 2.43. The van der Waals surface area contributed by atoms with E-state index >= 15 is 0 Å². The van der Waals surface area contributed by atoms with Crippen LogP contribution in [0.1, 0.15) is 10.4 Å². The zero-order chi connectivity index (χ0) is 24.1. The molecule has 0 radical (unpaired) electrons. The number of nitrogens with zero attached hydrogens (tertiary/aromatic N) is 2. The number of hydrogen-bond acceptors (Lipinski definition) is 9. The third-order valence-electron chi connectivity index (χ3n) is 5.05. The number of oxazole rings is 1. The number of pyridine rings is 1. The molecule has 0 fully saturated rings. The van der Waals surface area contributed by atoms with Gasteiger partial charge in [0.25, 0.3) is 0 Å². The predicted octanol–water partition coefficient (Wildman–Crippen LogP) is 4.66. The van der Waals surface area contributed by atoms with E-state index in [1.807, 2.05) is 0 Å². The van der Waals surface area contributed by atoms with Crippen LogP contribution in [0.15, 0.2) is 65.7 Å². The van der Waals surface area contributed by atoms with Gasteiger partial charge in [0.15, 0.2) is 35.2 Å². The fourth-order valence-corrected chi connectivity index (χ4v) is 3.42. The minimum atomic E-state index is -0.541. The lowest BCUT2D eigenvalue weighted by Gasteiger charge is -2.14. The first-order valence-corrected chi connectivity index (χ1v) is 10.1. The Balaban J connectivity index is 1.75. The second kappa shape index (κ2) is 9.95. The number of esters is 1. The van der Waals surface area contributed by atoms with Crippen molar-refractivity contribution in [1.82, 2.24) is 9.97 Å². The maximum atomic E-state index is 12.6. The van der Waals surface area contributed by atoms with Gasteiger partial charge in [-0.15, -0.1) is 0 Å². The Kier molecular flexibility index (Phi) is 6.63. The van der Waals surface area contributed by atoms with Crippen LogP contribution in [-0.2, 0) is 0 Å². The monoisotopic (exact) mass is 462 g/mol. The number of benzene rings is 2. The molecular formula is C25H22N2O7. The molecule has 174 valence electrons. The molecule has 4 rings (SSSR count). The van der Waals surface area contributed by atoms with Crippen molar-refractivity contribution in [3.63, 3.8) is 0 Å². The molecule has 0 unspecified atom stereocenters. The highest BCUT2D eigenvalue weighted by Gasteiger charge is 2.21. The molecule has 2 aromatic carbocycles. The number of hydrogen-bond donors (Lipinski definition) is 0. The van der Waals surface area contributed by atoms with Gasteiger partial charge < -0.3 is 28.1 Å². The van der Waals surface area contributed by atoms with Gasteiger partial charge >= 0.3 is 5.97 Å². The highest BCUT2D eigenvalue weighted by atomic mass is 16.6. The molecule has 0 spiro atoms. The lowest BCUT2D eigenvalue weighted by atomic mass is 10.0. The maximum absolute atomic E-state index is 12.6. The second-order valence-corrected chi connectivity index (χ2v) is 6.94. The van der Waals surface area contributed by atoms with E-state index in [0.29, 0.717) is 51.1 Å². The Hall–Kier alpha value is -4.53. The smallest absolute Gasteiger partial charge is 0.343 e. The number of carbonyl (C=O) groups excluding carboxylic acids is 1. The minimum Gasteiger partial charge on any atom is -0.493 e. The summed E-state index contributed by atoms with van der Waals surface area (Å²) in [5.74, 6) is 1.96. The molecule has 0 atom stereocenters. The van der Waals surface area contributed by atoms with Gasteiger partial charge in [-0.25, -0.2) is 9.78 Å². The van der Waals surface area contributed by atoms with Gasteiger partial charge in [-0.1, -0.05) is 0 Å². The molecule has 2 aromatic heterocycles. The summed E-state index contributed by atoms with van der Waals surface area (Å²) >= 11 is 0. The van der Waals surface area contributed by atoms with Gasteiger partial charge in [0.05, 0.1) is 34.0 Å². The molecule has 0 aliphatic carbocycles. The van der Waals surface area contributed by atoms with Crippen LogP contribution in [0, 0.1) is 0 Å². The van der Waals surface area contributed by atoms with E-state index in [9.17, 15) is 4.79 Å². The standard InChI is InChI=1S/C25H22N2O7/c1-29-18-6-5-16(11-19(18)34-25(28)15-7-9-26-10-8-15)23-22(27-14-33-23)17-12-20(30-2)24(32-4)21(13-17)31-3/h5-14H,1-4H3. The van der Waals surface area contributed by atoms with Crippen molar-refractivity contribution < 1.29 is 32.9 Å². The maximum Gasteiger partial charge on any atom is 0.343 e. The summed E-state index contributed by atoms with van der Waals surface area (Å²) in [7, 11) is 6.11. The number of ether oxygens (including phenoxy) is 5. The Bertz CT molecular complexity index is 1280. The summed E-state index contributed by atoms with van der Waals surface area (Å²) in [5.41, 5.74) is 2.21. The topological polar surface area (TPSA) is 102 Å². The second-order valence-electron chi connectivity index (χ2n) is 6.94. The normalized spacial score (nSPS) is 10.5. The number of aromatic nitrogens is 2. The summed E-state index contributed by atoms with van der Waals surface area (Å²) in [6, 6.07) is 11.8. The average molecular weight is 462 g/mol. The first kappa shape index (κ1) is 22.7. The highest BCUT2D eigenvalue weighted by molar-refractivity contribution is 5.91. The van der Waals surface area contributed by atoms with Crippen molar-refractivity contribution in [2.24, 2.45) is 0 Å². The van der Waals surface area contributed by atoms with Gasteiger partial charge in [0, 0.05) is 23.5 Å². The average Bonchev–Trinajstić information content (AvgIpc) is 3.38. The van der Waals surface area contributed by atoms with Crippen LogP contribution in [0.3, 0.4) is 0 Å². The number of methoxy groups -OCH3 is 4. The van der Waals surface area contributed by atoms with E-state index in [-0.39, 0.29) is 5.75 Å². The molecule has 0 bridgehead atoms. The summed E-state index contributed by atoms with van der Waals surface area (Å²) in [4.78, 5) is 20.9. The first-order valence-electron chi connectivity index (χ1n) is 10.1. The quantitative estimate of drug-likeness (QED) is 0.273. The molecule has 9 heteroatoms. The Morgan fingerprint density at radius 1 is 0.765 bits per heavy atom. The lowest BCUT2D eigenvalue weighted by molar-refractivity contribution is 0.0729. The molecule has 0 saturated heterocycles. The molecule has 2 heterocycles. The van der Waals surface area contributed by atoms with Crippen LogP contribution in [0.4, 0.5) is 0 Å². The van der Waals surface area contributed by atoms with Crippen molar-refractivity contribution in [1.29, 1.82) is 0 Å². The molecule has 0 aliphatic heterocycles. The van der Waals surface area contributed by atoms with Crippen LogP contribution in [0.5, 0.6) is 28.7 Å². The van der Waals surface area contributed by atoms with E-state index < -0.39 is 5.97 Å². The van der Waals surface area contributed by atoms with Gasteiger partial charge in [-0.3, -0.25) is 4.98 Å². The van der Waals surface area contributed by atoms with Gasteiger partial charge in [-0.2, -0.15) is 0 Å². The largest absolute Gasteiger partial charge is 0.493 e. The Morgan fingerprint density at radius 2 is 1.41 bits per heavy atom. The molecule has 0 saturated carbocycles. The van der Waals surface area contributed by atoms with Crippen molar-refractivity contribution in [3.8, 4) is 51.3 Å². The molecule has 34 heavy (non-hydrogen) atoms. The summed E-state index contributed by atoms with van der Waals surface area (Å²) in [5, 5.41) is 0. The first-order chi connectivity index (χ1) is 16.6. The van der Waals surface area contributed by atoms with Crippen LogP contribution in [0.25, 0.3) is 22.6 Å². The third kappa shape index (κ3) is 4.36. The SMILES string of the molecule is COc1ccc(-c2ocnc2-c2cc(OC)c(OC)c(OC)c2)cc1OC(=O)c1ccncc1. The van der Waals surface area contributed by atoms with Crippen LogP contribution in [0.2, 0.25) is 0 Å². The van der Waals surface area contributed by atoms with Crippen LogP contribution < -0.4 is 23.7 Å². The summed E-state index contributed by atoms with van der Waals surface area (Å²) < 4.78 is 33.0. The third-order valence-corrected chi connectivity index (χ3v) is 5.05. The zero-order valence-corrected chi connectivity index (χ0v) is 19.0. The van der Waals surface area contributed by atoms with Crippen LogP contribution >= 0.6 is 0 Å². The van der Waals surface area contributed by atoms with Crippen LogP contribution in [-0.4, -0.2) is 44.4 Å². The molecule has 4 aromatic rings. The molecular weight excluding hydrogens is 440 g/mol. The number of carbonyl (C=O) groups is 1.